The minimum absolute atomic E-state index is 0.147. The third-order valence-corrected chi connectivity index (χ3v) is 5.06. The molecule has 3 N–H and O–H groups in total. The van der Waals surface area contributed by atoms with Crippen LogP contribution < -0.4 is 16.0 Å². The van der Waals surface area contributed by atoms with E-state index < -0.39 is 23.5 Å². The van der Waals surface area contributed by atoms with Gasteiger partial charge in [0.15, 0.2) is 0 Å². The number of anilines is 1. The van der Waals surface area contributed by atoms with Crippen molar-refractivity contribution in [1.82, 2.24) is 15.5 Å². The zero-order chi connectivity index (χ0) is 21.5. The van der Waals surface area contributed by atoms with Crippen LogP contribution in [0.4, 0.5) is 10.1 Å². The molecular weight excluding hydrogens is 391 g/mol. The Bertz CT molecular complexity index is 894. The van der Waals surface area contributed by atoms with Crippen molar-refractivity contribution in [1.29, 1.82) is 0 Å². The number of carbonyl (C=O) groups excluding carboxylic acids is 3. The summed E-state index contributed by atoms with van der Waals surface area (Å²) in [4.78, 5) is 38.5. The average Bonchev–Trinajstić information content (AvgIpc) is 3.29. The smallest absolute Gasteiger partial charge is 0.313 e. The Morgan fingerprint density at radius 1 is 1.13 bits per heavy atom. The summed E-state index contributed by atoms with van der Waals surface area (Å²) in [5, 5.41) is 7.35. The number of rotatable bonds is 6. The lowest BCUT2D eigenvalue weighted by atomic mass is 10.1. The number of furan rings is 1. The highest BCUT2D eigenvalue weighted by Gasteiger charge is 2.26. The summed E-state index contributed by atoms with van der Waals surface area (Å²) in [7, 11) is 1.37. The van der Waals surface area contributed by atoms with Crippen molar-refractivity contribution in [2.75, 3.05) is 32.0 Å². The average molecular weight is 416 g/mol. The van der Waals surface area contributed by atoms with Crippen molar-refractivity contribution < 1.29 is 23.2 Å². The molecule has 0 radical (unpaired) electrons. The van der Waals surface area contributed by atoms with E-state index in [0.717, 1.165) is 37.8 Å². The molecule has 2 aromatic rings. The lowest BCUT2D eigenvalue weighted by molar-refractivity contribution is -0.136. The summed E-state index contributed by atoms with van der Waals surface area (Å²) in [5.74, 6) is -2.35. The van der Waals surface area contributed by atoms with Gasteiger partial charge in [-0.15, -0.1) is 0 Å². The second-order valence-corrected chi connectivity index (χ2v) is 7.07. The standard InChI is InChI=1S/C21H25FN4O4/c1-23-19(27)15-12-14(7-8-16(15)22)25-21(29)20(28)24-13-17(18-6-5-11-30-18)26-9-3-2-4-10-26/h5-8,11-12,17H,2-4,9-10,13H2,1H3,(H,23,27)(H,24,28)(H,25,29). The van der Waals surface area contributed by atoms with Crippen LogP contribution in [0.3, 0.4) is 0 Å². The van der Waals surface area contributed by atoms with Gasteiger partial charge in [0, 0.05) is 19.3 Å². The first kappa shape index (κ1) is 21.5. The number of carbonyl (C=O) groups is 3. The molecule has 160 valence electrons. The third-order valence-electron chi connectivity index (χ3n) is 5.06. The third kappa shape index (κ3) is 5.24. The quantitative estimate of drug-likeness (QED) is 0.626. The minimum Gasteiger partial charge on any atom is -0.468 e. The molecule has 1 atom stereocenters. The predicted molar refractivity (Wildman–Crippen MR) is 108 cm³/mol. The first-order valence-corrected chi connectivity index (χ1v) is 9.88. The molecule has 0 saturated carbocycles. The van der Waals surface area contributed by atoms with Gasteiger partial charge in [-0.25, -0.2) is 4.39 Å². The summed E-state index contributed by atoms with van der Waals surface area (Å²) in [5.41, 5.74) is -0.0764. The number of nitrogens with one attached hydrogen (secondary N) is 3. The summed E-state index contributed by atoms with van der Waals surface area (Å²) in [6.07, 6.45) is 4.90. The number of piperidine rings is 1. The minimum atomic E-state index is -0.902. The molecule has 1 fully saturated rings. The molecule has 0 bridgehead atoms. The van der Waals surface area contributed by atoms with Crippen LogP contribution in [0.5, 0.6) is 0 Å². The van der Waals surface area contributed by atoms with Gasteiger partial charge in [0.1, 0.15) is 11.6 Å². The van der Waals surface area contributed by atoms with Crippen LogP contribution >= 0.6 is 0 Å². The number of benzene rings is 1. The Kier molecular flexibility index (Phi) is 7.18. The fourth-order valence-electron chi connectivity index (χ4n) is 3.49. The van der Waals surface area contributed by atoms with Crippen LogP contribution in [-0.2, 0) is 9.59 Å². The van der Waals surface area contributed by atoms with Crippen LogP contribution in [0.15, 0.2) is 41.0 Å². The number of amides is 3. The van der Waals surface area contributed by atoms with Gasteiger partial charge in [0.2, 0.25) is 0 Å². The van der Waals surface area contributed by atoms with E-state index >= 15 is 0 Å². The maximum Gasteiger partial charge on any atom is 0.313 e. The molecule has 0 spiro atoms. The van der Waals surface area contributed by atoms with Gasteiger partial charge >= 0.3 is 11.8 Å². The zero-order valence-electron chi connectivity index (χ0n) is 16.7. The van der Waals surface area contributed by atoms with Crippen molar-refractivity contribution in [2.45, 2.75) is 25.3 Å². The van der Waals surface area contributed by atoms with Crippen molar-refractivity contribution in [3.63, 3.8) is 0 Å². The summed E-state index contributed by atoms with van der Waals surface area (Å²) in [6, 6.07) is 7.00. The number of halogens is 1. The first-order chi connectivity index (χ1) is 14.5. The molecule has 3 rings (SSSR count). The van der Waals surface area contributed by atoms with E-state index in [1.54, 1.807) is 12.3 Å². The van der Waals surface area contributed by atoms with E-state index in [0.29, 0.717) is 0 Å². The maximum absolute atomic E-state index is 13.8. The highest BCUT2D eigenvalue weighted by Crippen LogP contribution is 2.24. The van der Waals surface area contributed by atoms with Gasteiger partial charge in [-0.1, -0.05) is 6.42 Å². The highest BCUT2D eigenvalue weighted by molar-refractivity contribution is 6.39. The Balaban J connectivity index is 1.62. The number of hydrogen-bond acceptors (Lipinski definition) is 5. The van der Waals surface area contributed by atoms with Crippen LogP contribution in [0, 0.1) is 5.82 Å². The normalized spacial score (nSPS) is 15.3. The largest absolute Gasteiger partial charge is 0.468 e. The van der Waals surface area contributed by atoms with Crippen molar-refractivity contribution in [3.05, 3.63) is 53.7 Å². The van der Waals surface area contributed by atoms with Crippen LogP contribution in [0.1, 0.15) is 41.4 Å². The SMILES string of the molecule is CNC(=O)c1cc(NC(=O)C(=O)NCC(c2ccco2)N2CCCCC2)ccc1F. The van der Waals surface area contributed by atoms with E-state index in [1.165, 1.54) is 25.6 Å². The Hall–Kier alpha value is -3.20. The predicted octanol–water partition coefficient (Wildman–Crippen LogP) is 2.06. The van der Waals surface area contributed by atoms with Crippen molar-refractivity contribution in [3.8, 4) is 0 Å². The van der Waals surface area contributed by atoms with E-state index in [1.807, 2.05) is 6.07 Å². The molecule has 1 aliphatic rings. The molecule has 2 heterocycles. The lowest BCUT2D eigenvalue weighted by Crippen LogP contribution is -2.43. The van der Waals surface area contributed by atoms with Crippen molar-refractivity contribution in [2.24, 2.45) is 0 Å². The topological polar surface area (TPSA) is 104 Å². The first-order valence-electron chi connectivity index (χ1n) is 9.88. The monoisotopic (exact) mass is 416 g/mol. The van der Waals surface area contributed by atoms with Gasteiger partial charge in [-0.3, -0.25) is 19.3 Å². The molecule has 30 heavy (non-hydrogen) atoms. The van der Waals surface area contributed by atoms with E-state index in [-0.39, 0.29) is 23.8 Å². The Labute approximate surface area is 173 Å². The molecule has 1 unspecified atom stereocenters. The molecular formula is C21H25FN4O4. The molecule has 1 aromatic heterocycles. The maximum atomic E-state index is 13.8. The molecule has 1 aromatic carbocycles. The number of likely N-dealkylation sites (tertiary alicyclic amines) is 1. The lowest BCUT2D eigenvalue weighted by Gasteiger charge is -2.33. The molecule has 0 aliphatic carbocycles. The van der Waals surface area contributed by atoms with Crippen molar-refractivity contribution >= 4 is 23.4 Å². The summed E-state index contributed by atoms with van der Waals surface area (Å²) >= 11 is 0. The van der Waals surface area contributed by atoms with Gasteiger partial charge in [0.25, 0.3) is 5.91 Å². The van der Waals surface area contributed by atoms with Gasteiger partial charge < -0.3 is 20.4 Å². The summed E-state index contributed by atoms with van der Waals surface area (Å²) < 4.78 is 19.3. The fraction of sp³-hybridized carbons (Fsp3) is 0.381. The van der Waals surface area contributed by atoms with Crippen LogP contribution in [-0.4, -0.2) is 49.3 Å². The second kappa shape index (κ2) is 10.0. The molecule has 1 aliphatic heterocycles. The second-order valence-electron chi connectivity index (χ2n) is 7.07. The van der Waals surface area contributed by atoms with E-state index in [9.17, 15) is 18.8 Å². The summed E-state index contributed by atoms with van der Waals surface area (Å²) in [6.45, 7) is 2.00. The fourth-order valence-corrected chi connectivity index (χ4v) is 3.49. The van der Waals surface area contributed by atoms with Gasteiger partial charge in [-0.2, -0.15) is 0 Å². The van der Waals surface area contributed by atoms with Crippen LogP contribution in [0.2, 0.25) is 0 Å². The zero-order valence-corrected chi connectivity index (χ0v) is 16.7. The molecule has 3 amide bonds. The van der Waals surface area contributed by atoms with Crippen LogP contribution in [0.25, 0.3) is 0 Å². The molecule has 9 heteroatoms. The Morgan fingerprint density at radius 3 is 2.57 bits per heavy atom. The van der Waals surface area contributed by atoms with E-state index in [2.05, 4.69) is 20.9 Å². The molecule has 8 nitrogen and oxygen atoms in total. The van der Waals surface area contributed by atoms with Gasteiger partial charge in [-0.05, 0) is 56.3 Å². The number of nitrogens with zero attached hydrogens (tertiary/aromatic N) is 1. The van der Waals surface area contributed by atoms with E-state index in [4.69, 9.17) is 4.42 Å². The molecule has 1 saturated heterocycles. The number of hydrogen-bond donors (Lipinski definition) is 3. The highest BCUT2D eigenvalue weighted by atomic mass is 19.1. The Morgan fingerprint density at radius 2 is 1.90 bits per heavy atom. The van der Waals surface area contributed by atoms with Gasteiger partial charge in [0.05, 0.1) is 17.9 Å².